The highest BCUT2D eigenvalue weighted by Crippen LogP contribution is 2.21. The van der Waals surface area contributed by atoms with Crippen LogP contribution in [0, 0.1) is 0 Å². The summed E-state index contributed by atoms with van der Waals surface area (Å²) in [5, 5.41) is 13.1. The summed E-state index contributed by atoms with van der Waals surface area (Å²) < 4.78 is 0. The zero-order chi connectivity index (χ0) is 14.7. The van der Waals surface area contributed by atoms with E-state index < -0.39 is 5.97 Å². The lowest BCUT2D eigenvalue weighted by Crippen LogP contribution is -2.03. The van der Waals surface area contributed by atoms with Crippen LogP contribution in [0.3, 0.4) is 0 Å². The lowest BCUT2D eigenvalue weighted by atomic mass is 10.1. The van der Waals surface area contributed by atoms with Gasteiger partial charge in [-0.15, -0.1) is 12.4 Å². The predicted molar refractivity (Wildman–Crippen MR) is 87.5 cm³/mol. The summed E-state index contributed by atoms with van der Waals surface area (Å²) in [6, 6.07) is 14.8. The van der Waals surface area contributed by atoms with Gasteiger partial charge in [-0.05, 0) is 23.8 Å². The molecule has 112 valence electrons. The Morgan fingerprint density at radius 3 is 2.59 bits per heavy atom. The molecular formula is C16H14ClN3O2. The number of carboxylic acids is 1. The van der Waals surface area contributed by atoms with Crippen molar-refractivity contribution < 1.29 is 9.90 Å². The molecule has 3 aromatic rings. The standard InChI is InChI=1S/C16H13N3O2.ClH/c20-16(21)12-6-7-13-14(8-12)18-10-19-15(13)17-9-11-4-2-1-3-5-11;/h1-8,10H,9H2,(H,20,21)(H,17,18,19);1H. The van der Waals surface area contributed by atoms with Crippen molar-refractivity contribution in [2.75, 3.05) is 5.32 Å². The second-order valence-electron chi connectivity index (χ2n) is 4.60. The van der Waals surface area contributed by atoms with Crippen LogP contribution in [0.5, 0.6) is 0 Å². The van der Waals surface area contributed by atoms with Crippen molar-refractivity contribution in [1.29, 1.82) is 0 Å². The predicted octanol–water partition coefficient (Wildman–Crippen LogP) is 3.36. The van der Waals surface area contributed by atoms with Crippen LogP contribution >= 0.6 is 12.4 Å². The van der Waals surface area contributed by atoms with Crippen LogP contribution in [-0.4, -0.2) is 21.0 Å². The number of benzene rings is 2. The molecule has 0 radical (unpaired) electrons. The van der Waals surface area contributed by atoms with E-state index in [0.29, 0.717) is 17.9 Å². The van der Waals surface area contributed by atoms with E-state index in [0.717, 1.165) is 10.9 Å². The summed E-state index contributed by atoms with van der Waals surface area (Å²) >= 11 is 0. The van der Waals surface area contributed by atoms with E-state index in [1.165, 1.54) is 6.33 Å². The number of hydrogen-bond acceptors (Lipinski definition) is 4. The largest absolute Gasteiger partial charge is 0.478 e. The molecule has 0 saturated carbocycles. The topological polar surface area (TPSA) is 75.1 Å². The average molecular weight is 316 g/mol. The summed E-state index contributed by atoms with van der Waals surface area (Å²) in [7, 11) is 0. The third kappa shape index (κ3) is 3.32. The Morgan fingerprint density at radius 2 is 1.86 bits per heavy atom. The minimum Gasteiger partial charge on any atom is -0.478 e. The van der Waals surface area contributed by atoms with Gasteiger partial charge in [0.2, 0.25) is 0 Å². The van der Waals surface area contributed by atoms with E-state index in [1.807, 2.05) is 30.3 Å². The van der Waals surface area contributed by atoms with Crippen LogP contribution < -0.4 is 5.32 Å². The second kappa shape index (κ2) is 6.87. The molecule has 22 heavy (non-hydrogen) atoms. The molecule has 0 atom stereocenters. The maximum atomic E-state index is 11.0. The Morgan fingerprint density at radius 1 is 1.09 bits per heavy atom. The van der Waals surface area contributed by atoms with Crippen LogP contribution in [0.25, 0.3) is 10.9 Å². The Balaban J connectivity index is 0.00000176. The normalized spacial score (nSPS) is 10.0. The van der Waals surface area contributed by atoms with Crippen molar-refractivity contribution in [2.45, 2.75) is 6.54 Å². The van der Waals surface area contributed by atoms with E-state index in [1.54, 1.807) is 18.2 Å². The minimum absolute atomic E-state index is 0. The molecule has 1 heterocycles. The first-order valence-corrected chi connectivity index (χ1v) is 6.50. The van der Waals surface area contributed by atoms with Crippen molar-refractivity contribution in [3.05, 3.63) is 66.0 Å². The molecule has 1 aromatic heterocycles. The highest BCUT2D eigenvalue weighted by atomic mass is 35.5. The fourth-order valence-corrected chi connectivity index (χ4v) is 2.11. The highest BCUT2D eigenvalue weighted by Gasteiger charge is 2.08. The number of fused-ring (bicyclic) bond motifs is 1. The van der Waals surface area contributed by atoms with Gasteiger partial charge in [-0.25, -0.2) is 14.8 Å². The first kappa shape index (κ1) is 15.7. The van der Waals surface area contributed by atoms with Gasteiger partial charge in [0.05, 0.1) is 11.1 Å². The number of hydrogen-bond donors (Lipinski definition) is 2. The molecule has 0 spiro atoms. The molecule has 0 amide bonds. The summed E-state index contributed by atoms with van der Waals surface area (Å²) in [5.74, 6) is -0.268. The number of carbonyl (C=O) groups is 1. The van der Waals surface area contributed by atoms with Crippen molar-refractivity contribution in [1.82, 2.24) is 9.97 Å². The molecule has 0 bridgehead atoms. The molecule has 0 aliphatic carbocycles. The molecule has 2 N–H and O–H groups in total. The summed E-state index contributed by atoms with van der Waals surface area (Å²) in [4.78, 5) is 19.3. The summed E-state index contributed by atoms with van der Waals surface area (Å²) in [6.45, 7) is 0.646. The van der Waals surface area contributed by atoms with Crippen LogP contribution in [-0.2, 0) is 6.54 Å². The van der Waals surface area contributed by atoms with Crippen molar-refractivity contribution in [2.24, 2.45) is 0 Å². The zero-order valence-electron chi connectivity index (χ0n) is 11.6. The number of rotatable bonds is 4. The van der Waals surface area contributed by atoms with Gasteiger partial charge >= 0.3 is 5.97 Å². The number of nitrogens with zero attached hydrogens (tertiary/aromatic N) is 2. The van der Waals surface area contributed by atoms with Gasteiger partial charge < -0.3 is 10.4 Å². The van der Waals surface area contributed by atoms with Gasteiger partial charge in [0.25, 0.3) is 0 Å². The molecule has 3 rings (SSSR count). The maximum absolute atomic E-state index is 11.0. The maximum Gasteiger partial charge on any atom is 0.335 e. The highest BCUT2D eigenvalue weighted by molar-refractivity contribution is 5.96. The number of nitrogens with one attached hydrogen (secondary N) is 1. The molecule has 0 aliphatic rings. The molecule has 6 heteroatoms. The lowest BCUT2D eigenvalue weighted by Gasteiger charge is -2.08. The average Bonchev–Trinajstić information content (AvgIpc) is 2.53. The van der Waals surface area contributed by atoms with E-state index in [9.17, 15) is 4.79 Å². The van der Waals surface area contributed by atoms with E-state index in [2.05, 4.69) is 15.3 Å². The van der Waals surface area contributed by atoms with E-state index in [4.69, 9.17) is 5.11 Å². The first-order chi connectivity index (χ1) is 10.2. The fourth-order valence-electron chi connectivity index (χ4n) is 2.11. The molecule has 0 aliphatic heterocycles. The van der Waals surface area contributed by atoms with Gasteiger partial charge in [-0.2, -0.15) is 0 Å². The third-order valence-corrected chi connectivity index (χ3v) is 3.19. The van der Waals surface area contributed by atoms with Crippen molar-refractivity contribution in [3.63, 3.8) is 0 Å². The van der Waals surface area contributed by atoms with Crippen LogP contribution in [0.2, 0.25) is 0 Å². The molecule has 5 nitrogen and oxygen atoms in total. The van der Waals surface area contributed by atoms with Crippen LogP contribution in [0.1, 0.15) is 15.9 Å². The Kier molecular flexibility index (Phi) is 4.91. The number of carboxylic acid groups (broad SMARTS) is 1. The Bertz CT molecular complexity index is 794. The number of aromatic nitrogens is 2. The van der Waals surface area contributed by atoms with Crippen molar-refractivity contribution in [3.8, 4) is 0 Å². The Labute approximate surface area is 133 Å². The number of aromatic carboxylic acids is 1. The molecular weight excluding hydrogens is 302 g/mol. The summed E-state index contributed by atoms with van der Waals surface area (Å²) in [6.07, 6.45) is 1.43. The third-order valence-electron chi connectivity index (χ3n) is 3.19. The monoisotopic (exact) mass is 315 g/mol. The van der Waals surface area contributed by atoms with E-state index in [-0.39, 0.29) is 18.0 Å². The van der Waals surface area contributed by atoms with Crippen LogP contribution in [0.4, 0.5) is 5.82 Å². The number of anilines is 1. The molecule has 2 aromatic carbocycles. The minimum atomic E-state index is -0.964. The number of halogens is 1. The van der Waals surface area contributed by atoms with Gasteiger partial charge in [0.15, 0.2) is 0 Å². The summed E-state index contributed by atoms with van der Waals surface area (Å²) in [5.41, 5.74) is 1.97. The quantitative estimate of drug-likeness (QED) is 0.772. The molecule has 0 unspecified atom stereocenters. The van der Waals surface area contributed by atoms with E-state index >= 15 is 0 Å². The lowest BCUT2D eigenvalue weighted by molar-refractivity contribution is 0.0697. The SMILES string of the molecule is Cl.O=C(O)c1ccc2c(NCc3ccccc3)ncnc2c1. The fraction of sp³-hybridized carbons (Fsp3) is 0.0625. The smallest absolute Gasteiger partial charge is 0.335 e. The Hall–Kier alpha value is -2.66. The van der Waals surface area contributed by atoms with Gasteiger partial charge in [-0.1, -0.05) is 30.3 Å². The van der Waals surface area contributed by atoms with Gasteiger partial charge in [0.1, 0.15) is 12.1 Å². The second-order valence-corrected chi connectivity index (χ2v) is 4.60. The van der Waals surface area contributed by atoms with Gasteiger partial charge in [-0.3, -0.25) is 0 Å². The van der Waals surface area contributed by atoms with Crippen molar-refractivity contribution >= 4 is 35.1 Å². The van der Waals surface area contributed by atoms with Gasteiger partial charge in [0, 0.05) is 11.9 Å². The van der Waals surface area contributed by atoms with Crippen LogP contribution in [0.15, 0.2) is 54.9 Å². The first-order valence-electron chi connectivity index (χ1n) is 6.50. The zero-order valence-corrected chi connectivity index (χ0v) is 12.4. The molecule has 0 fully saturated rings. The molecule has 0 saturated heterocycles.